The van der Waals surface area contributed by atoms with Crippen LogP contribution in [0.25, 0.3) is 0 Å². The van der Waals surface area contributed by atoms with Crippen molar-refractivity contribution in [2.75, 3.05) is 32.1 Å². The van der Waals surface area contributed by atoms with Gasteiger partial charge in [-0.3, -0.25) is 0 Å². The molecule has 7 heteroatoms. The Kier molecular flexibility index (Phi) is 5.37. The Hall–Kier alpha value is -2.05. The summed E-state index contributed by atoms with van der Waals surface area (Å²) in [5, 5.41) is 3.30. The van der Waals surface area contributed by atoms with Crippen molar-refractivity contribution in [2.45, 2.75) is 51.0 Å². The highest BCUT2D eigenvalue weighted by Gasteiger charge is 2.30. The Bertz CT molecular complexity index is 577. The quantitative estimate of drug-likeness (QED) is 0.773. The molecule has 0 radical (unpaired) electrons. The summed E-state index contributed by atoms with van der Waals surface area (Å²) in [6.45, 7) is 3.88. The van der Waals surface area contributed by atoms with Gasteiger partial charge in [0.1, 0.15) is 0 Å². The summed E-state index contributed by atoms with van der Waals surface area (Å²) >= 11 is 0. The first-order chi connectivity index (χ1) is 11.7. The fourth-order valence-corrected chi connectivity index (χ4v) is 2.90. The van der Waals surface area contributed by atoms with Crippen LogP contribution in [0.15, 0.2) is 6.20 Å². The number of carbonyl (C=O) groups excluding carboxylic acids is 1. The van der Waals surface area contributed by atoms with Gasteiger partial charge in [-0.05, 0) is 31.6 Å². The van der Waals surface area contributed by atoms with Crippen molar-refractivity contribution in [3.63, 3.8) is 0 Å². The van der Waals surface area contributed by atoms with Crippen LogP contribution in [-0.2, 0) is 4.74 Å². The van der Waals surface area contributed by atoms with E-state index in [2.05, 4.69) is 22.2 Å². The molecule has 2 heterocycles. The second-order valence-electron chi connectivity index (χ2n) is 6.48. The van der Waals surface area contributed by atoms with Gasteiger partial charge in [-0.1, -0.05) is 13.3 Å². The number of aromatic nitrogens is 2. The number of unbranched alkanes of at least 4 members (excludes halogenated alkanes) is 1. The molecule has 3 rings (SSSR count). The van der Waals surface area contributed by atoms with E-state index in [4.69, 9.17) is 9.47 Å². The third-order valence-corrected chi connectivity index (χ3v) is 4.49. The van der Waals surface area contributed by atoms with Crippen molar-refractivity contribution in [1.29, 1.82) is 0 Å². The van der Waals surface area contributed by atoms with Gasteiger partial charge >= 0.3 is 6.09 Å². The minimum absolute atomic E-state index is 0.139. The summed E-state index contributed by atoms with van der Waals surface area (Å²) in [6.07, 6.45) is 6.79. The summed E-state index contributed by atoms with van der Waals surface area (Å²) in [4.78, 5) is 22.6. The van der Waals surface area contributed by atoms with Gasteiger partial charge in [0.25, 0.3) is 0 Å². The summed E-state index contributed by atoms with van der Waals surface area (Å²) in [5.41, 5.74) is 1.09. The van der Waals surface area contributed by atoms with E-state index in [1.54, 1.807) is 12.0 Å². The second-order valence-corrected chi connectivity index (χ2v) is 6.48. The van der Waals surface area contributed by atoms with E-state index in [1.165, 1.54) is 12.8 Å². The Balaban J connectivity index is 1.52. The van der Waals surface area contributed by atoms with E-state index in [1.807, 2.05) is 6.20 Å². The zero-order chi connectivity index (χ0) is 16.9. The van der Waals surface area contributed by atoms with Crippen LogP contribution in [0.4, 0.5) is 10.7 Å². The molecular formula is C17H26N4O3. The number of carbonyl (C=O) groups is 1. The molecule has 7 nitrogen and oxygen atoms in total. The molecule has 1 amide bonds. The van der Waals surface area contributed by atoms with E-state index < -0.39 is 0 Å². The average Bonchev–Trinajstić information content (AvgIpc) is 3.33. The molecule has 0 aromatic carbocycles. The number of anilines is 1. The van der Waals surface area contributed by atoms with Crippen molar-refractivity contribution in [1.82, 2.24) is 14.9 Å². The van der Waals surface area contributed by atoms with E-state index in [9.17, 15) is 4.79 Å². The minimum Gasteiger partial charge on any atom is -0.481 e. The predicted molar refractivity (Wildman–Crippen MR) is 90.4 cm³/mol. The standard InChI is InChI=1S/C17H26N4O3/c1-3-4-9-24-17(22)21-8-7-13(11-21)19-16-18-10-14(12-5-6-12)15(20-16)23-2/h10,12-13H,3-9,11H2,1-2H3,(H,18,19,20)/t13-/m0/s1. The first kappa shape index (κ1) is 16.8. The molecule has 1 saturated carbocycles. The lowest BCUT2D eigenvalue weighted by Crippen LogP contribution is -2.32. The Morgan fingerprint density at radius 1 is 1.42 bits per heavy atom. The highest BCUT2D eigenvalue weighted by molar-refractivity contribution is 5.68. The van der Waals surface area contributed by atoms with E-state index in [-0.39, 0.29) is 12.1 Å². The van der Waals surface area contributed by atoms with Crippen molar-refractivity contribution in [2.24, 2.45) is 0 Å². The van der Waals surface area contributed by atoms with Crippen LogP contribution in [0.5, 0.6) is 5.88 Å². The van der Waals surface area contributed by atoms with Crippen LogP contribution < -0.4 is 10.1 Å². The number of hydrogen-bond donors (Lipinski definition) is 1. The highest BCUT2D eigenvalue weighted by Crippen LogP contribution is 2.43. The molecule has 1 aromatic heterocycles. The monoisotopic (exact) mass is 334 g/mol. The summed E-state index contributed by atoms with van der Waals surface area (Å²) < 4.78 is 10.6. The Morgan fingerprint density at radius 3 is 2.96 bits per heavy atom. The van der Waals surface area contributed by atoms with E-state index in [0.29, 0.717) is 37.4 Å². The topological polar surface area (TPSA) is 76.6 Å². The fraction of sp³-hybridized carbons (Fsp3) is 0.706. The summed E-state index contributed by atoms with van der Waals surface area (Å²) in [7, 11) is 1.64. The van der Waals surface area contributed by atoms with Crippen LogP contribution in [0, 0.1) is 0 Å². The third kappa shape index (κ3) is 4.07. The van der Waals surface area contributed by atoms with Crippen LogP contribution >= 0.6 is 0 Å². The van der Waals surface area contributed by atoms with Crippen molar-refractivity contribution < 1.29 is 14.3 Å². The molecule has 24 heavy (non-hydrogen) atoms. The number of ether oxygens (including phenoxy) is 2. The largest absolute Gasteiger partial charge is 0.481 e. The van der Waals surface area contributed by atoms with Gasteiger partial charge in [-0.25, -0.2) is 9.78 Å². The molecule has 1 N–H and O–H groups in total. The number of nitrogens with one attached hydrogen (secondary N) is 1. The van der Waals surface area contributed by atoms with Gasteiger partial charge < -0.3 is 19.7 Å². The van der Waals surface area contributed by atoms with Gasteiger partial charge in [0.05, 0.1) is 13.7 Å². The number of methoxy groups -OCH3 is 1. The summed E-state index contributed by atoms with van der Waals surface area (Å²) in [5.74, 6) is 1.76. The molecule has 0 unspecified atom stereocenters. The van der Waals surface area contributed by atoms with Gasteiger partial charge in [-0.15, -0.1) is 0 Å². The van der Waals surface area contributed by atoms with Crippen LogP contribution in [-0.4, -0.2) is 53.8 Å². The lowest BCUT2D eigenvalue weighted by atomic mass is 10.2. The van der Waals surface area contributed by atoms with Crippen LogP contribution in [0.3, 0.4) is 0 Å². The molecule has 0 spiro atoms. The number of hydrogen-bond acceptors (Lipinski definition) is 6. The van der Waals surface area contributed by atoms with Crippen molar-refractivity contribution in [3.8, 4) is 5.88 Å². The highest BCUT2D eigenvalue weighted by atomic mass is 16.6. The molecular weight excluding hydrogens is 308 g/mol. The Labute approximate surface area is 142 Å². The number of nitrogens with zero attached hydrogens (tertiary/aromatic N) is 3. The molecule has 2 aliphatic rings. The molecule has 1 atom stereocenters. The van der Waals surface area contributed by atoms with Crippen molar-refractivity contribution in [3.05, 3.63) is 11.8 Å². The normalized spacial score (nSPS) is 20.1. The van der Waals surface area contributed by atoms with Crippen LogP contribution in [0.1, 0.15) is 50.5 Å². The smallest absolute Gasteiger partial charge is 0.409 e. The van der Waals surface area contributed by atoms with E-state index >= 15 is 0 Å². The number of likely N-dealkylation sites (tertiary alicyclic amines) is 1. The fourth-order valence-electron chi connectivity index (χ4n) is 2.90. The molecule has 0 bridgehead atoms. The lowest BCUT2D eigenvalue weighted by molar-refractivity contribution is 0.109. The number of rotatable bonds is 7. The molecule has 1 aliphatic carbocycles. The maximum atomic E-state index is 12.0. The zero-order valence-electron chi connectivity index (χ0n) is 14.5. The first-order valence-electron chi connectivity index (χ1n) is 8.80. The Morgan fingerprint density at radius 2 is 2.25 bits per heavy atom. The summed E-state index contributed by atoms with van der Waals surface area (Å²) in [6, 6.07) is 0.139. The van der Waals surface area contributed by atoms with Gasteiger partial charge in [0.15, 0.2) is 0 Å². The lowest BCUT2D eigenvalue weighted by Gasteiger charge is -2.17. The van der Waals surface area contributed by atoms with Crippen LogP contribution in [0.2, 0.25) is 0 Å². The molecule has 2 fully saturated rings. The van der Waals surface area contributed by atoms with E-state index in [0.717, 1.165) is 24.8 Å². The molecule has 1 saturated heterocycles. The third-order valence-electron chi connectivity index (χ3n) is 4.49. The minimum atomic E-state index is -0.227. The predicted octanol–water partition coefficient (Wildman–Crippen LogP) is 2.79. The van der Waals surface area contributed by atoms with Gasteiger partial charge in [0.2, 0.25) is 11.8 Å². The maximum absolute atomic E-state index is 12.0. The average molecular weight is 334 g/mol. The van der Waals surface area contributed by atoms with Gasteiger partial charge in [-0.2, -0.15) is 4.98 Å². The number of amides is 1. The molecule has 1 aromatic rings. The molecule has 1 aliphatic heterocycles. The van der Waals surface area contributed by atoms with Gasteiger partial charge in [0, 0.05) is 30.9 Å². The van der Waals surface area contributed by atoms with Crippen molar-refractivity contribution >= 4 is 12.0 Å². The first-order valence-corrected chi connectivity index (χ1v) is 8.80. The maximum Gasteiger partial charge on any atom is 0.409 e. The second kappa shape index (κ2) is 7.68. The molecule has 132 valence electrons. The zero-order valence-corrected chi connectivity index (χ0v) is 14.5. The SMILES string of the molecule is CCCCOC(=O)N1CC[C@H](Nc2ncc(C3CC3)c(OC)n2)C1.